The molecule has 0 aromatic heterocycles. The van der Waals surface area contributed by atoms with E-state index < -0.39 is 0 Å². The Morgan fingerprint density at radius 2 is 2.00 bits per heavy atom. The second-order valence-corrected chi connectivity index (χ2v) is 7.49. The van der Waals surface area contributed by atoms with Gasteiger partial charge in [0.1, 0.15) is 0 Å². The Balaban J connectivity index is 1.41. The number of halogens is 1. The number of rotatable bonds is 3. The van der Waals surface area contributed by atoms with Crippen LogP contribution in [0.1, 0.15) is 41.5 Å². The standard InChI is InChI=1S/C20H21ClN2S/c21-16-6-7-17-18(13-16)15-9-11-23(19(17)12-15)20(24)22-10-8-14-4-2-1-3-5-14/h1-7,13,15,19H,8-12H2,(H,22,24)/t15?,19-/m1/s1. The molecular weight excluding hydrogens is 336 g/mol. The van der Waals surface area contributed by atoms with E-state index in [9.17, 15) is 0 Å². The molecule has 2 nitrogen and oxygen atoms in total. The van der Waals surface area contributed by atoms with Crippen LogP contribution in [0.2, 0.25) is 5.02 Å². The molecule has 2 aromatic carbocycles. The fourth-order valence-electron chi connectivity index (χ4n) is 4.05. The van der Waals surface area contributed by atoms with Crippen molar-refractivity contribution in [1.29, 1.82) is 0 Å². The van der Waals surface area contributed by atoms with Crippen LogP contribution in [-0.2, 0) is 6.42 Å². The van der Waals surface area contributed by atoms with Gasteiger partial charge in [-0.05, 0) is 66.2 Å². The first-order valence-corrected chi connectivity index (χ1v) is 9.39. The average Bonchev–Trinajstić information content (AvgIpc) is 2.88. The smallest absolute Gasteiger partial charge is 0.169 e. The van der Waals surface area contributed by atoms with Gasteiger partial charge in [0.15, 0.2) is 5.11 Å². The van der Waals surface area contributed by atoms with Gasteiger partial charge in [-0.2, -0.15) is 0 Å². The summed E-state index contributed by atoms with van der Waals surface area (Å²) in [7, 11) is 0. The summed E-state index contributed by atoms with van der Waals surface area (Å²) in [5.41, 5.74) is 4.18. The average molecular weight is 357 g/mol. The zero-order valence-corrected chi connectivity index (χ0v) is 15.1. The fraction of sp³-hybridized carbons (Fsp3) is 0.350. The summed E-state index contributed by atoms with van der Waals surface area (Å²) in [6.45, 7) is 1.90. The summed E-state index contributed by atoms with van der Waals surface area (Å²) in [6.07, 6.45) is 3.31. The van der Waals surface area contributed by atoms with Crippen LogP contribution >= 0.6 is 23.8 Å². The quantitative estimate of drug-likeness (QED) is 0.803. The van der Waals surface area contributed by atoms with Gasteiger partial charge in [-0.25, -0.2) is 0 Å². The van der Waals surface area contributed by atoms with Crippen molar-refractivity contribution in [2.75, 3.05) is 13.1 Å². The maximum Gasteiger partial charge on any atom is 0.169 e. The highest BCUT2D eigenvalue weighted by atomic mass is 35.5. The monoisotopic (exact) mass is 356 g/mol. The Kier molecular flexibility index (Phi) is 4.47. The van der Waals surface area contributed by atoms with E-state index in [0.717, 1.165) is 42.5 Å². The van der Waals surface area contributed by atoms with E-state index in [0.29, 0.717) is 12.0 Å². The van der Waals surface area contributed by atoms with Gasteiger partial charge >= 0.3 is 0 Å². The van der Waals surface area contributed by atoms with E-state index >= 15 is 0 Å². The lowest BCUT2D eigenvalue weighted by atomic mass is 9.96. The largest absolute Gasteiger partial charge is 0.362 e. The Labute approximate surface area is 153 Å². The highest BCUT2D eigenvalue weighted by Crippen LogP contribution is 2.49. The van der Waals surface area contributed by atoms with Gasteiger partial charge in [0.2, 0.25) is 0 Å². The molecule has 1 aliphatic heterocycles. The lowest BCUT2D eigenvalue weighted by molar-refractivity contribution is 0.246. The Bertz CT molecular complexity index is 747. The fourth-order valence-corrected chi connectivity index (χ4v) is 4.55. The summed E-state index contributed by atoms with van der Waals surface area (Å²) in [4.78, 5) is 2.37. The Hall–Kier alpha value is -1.58. The maximum absolute atomic E-state index is 6.19. The molecule has 2 atom stereocenters. The lowest BCUT2D eigenvalue weighted by Crippen LogP contribution is -2.44. The topological polar surface area (TPSA) is 15.3 Å². The lowest BCUT2D eigenvalue weighted by Gasteiger charge is -2.36. The Morgan fingerprint density at radius 3 is 2.83 bits per heavy atom. The van der Waals surface area contributed by atoms with Crippen molar-refractivity contribution < 1.29 is 0 Å². The molecule has 1 N–H and O–H groups in total. The van der Waals surface area contributed by atoms with E-state index in [-0.39, 0.29) is 0 Å². The molecule has 124 valence electrons. The number of likely N-dealkylation sites (tertiary alicyclic amines) is 1. The van der Waals surface area contributed by atoms with Crippen LogP contribution in [0.5, 0.6) is 0 Å². The van der Waals surface area contributed by atoms with Crippen molar-refractivity contribution in [1.82, 2.24) is 10.2 Å². The summed E-state index contributed by atoms with van der Waals surface area (Å²) in [5.74, 6) is 0.645. The minimum absolute atomic E-state index is 0.410. The third kappa shape index (κ3) is 3.03. The summed E-state index contributed by atoms with van der Waals surface area (Å²) in [6, 6.07) is 17.3. The van der Waals surface area contributed by atoms with E-state index in [1.165, 1.54) is 16.7 Å². The molecule has 1 saturated heterocycles. The van der Waals surface area contributed by atoms with Crippen molar-refractivity contribution in [3.8, 4) is 0 Å². The third-order valence-corrected chi connectivity index (χ3v) is 5.86. The van der Waals surface area contributed by atoms with Crippen LogP contribution in [0, 0.1) is 0 Å². The first-order valence-electron chi connectivity index (χ1n) is 8.60. The zero-order chi connectivity index (χ0) is 16.5. The SMILES string of the molecule is S=C(NCCc1ccccc1)N1CCC2C[C@@H]1c1ccc(Cl)cc12. The first-order chi connectivity index (χ1) is 11.7. The minimum Gasteiger partial charge on any atom is -0.362 e. The maximum atomic E-state index is 6.19. The third-order valence-electron chi connectivity index (χ3n) is 5.24. The highest BCUT2D eigenvalue weighted by Gasteiger charge is 2.39. The molecule has 1 heterocycles. The van der Waals surface area contributed by atoms with Crippen molar-refractivity contribution >= 4 is 28.9 Å². The molecule has 1 unspecified atom stereocenters. The van der Waals surface area contributed by atoms with Crippen molar-refractivity contribution in [3.63, 3.8) is 0 Å². The van der Waals surface area contributed by atoms with Gasteiger partial charge < -0.3 is 10.2 Å². The van der Waals surface area contributed by atoms with E-state index in [4.69, 9.17) is 23.8 Å². The number of hydrogen-bond donors (Lipinski definition) is 1. The van der Waals surface area contributed by atoms with Crippen molar-refractivity contribution in [2.24, 2.45) is 0 Å². The number of nitrogens with zero attached hydrogens (tertiary/aromatic N) is 1. The number of hydrogen-bond acceptors (Lipinski definition) is 1. The zero-order valence-electron chi connectivity index (χ0n) is 13.5. The van der Waals surface area contributed by atoms with Gasteiger partial charge in [-0.3, -0.25) is 0 Å². The van der Waals surface area contributed by atoms with Crippen LogP contribution in [0.25, 0.3) is 0 Å². The molecule has 4 rings (SSSR count). The minimum atomic E-state index is 0.410. The van der Waals surface area contributed by atoms with Crippen LogP contribution in [0.4, 0.5) is 0 Å². The number of piperidine rings is 1. The van der Waals surface area contributed by atoms with Gasteiger partial charge in [-0.15, -0.1) is 0 Å². The predicted molar refractivity (Wildman–Crippen MR) is 104 cm³/mol. The molecule has 0 saturated carbocycles. The molecule has 0 radical (unpaired) electrons. The number of benzene rings is 2. The van der Waals surface area contributed by atoms with Crippen molar-refractivity contribution in [2.45, 2.75) is 31.2 Å². The van der Waals surface area contributed by atoms with E-state index in [2.05, 4.69) is 52.7 Å². The summed E-state index contributed by atoms with van der Waals surface area (Å²) >= 11 is 11.9. The molecule has 2 aliphatic rings. The van der Waals surface area contributed by atoms with Gasteiger partial charge in [-0.1, -0.05) is 48.0 Å². The predicted octanol–water partition coefficient (Wildman–Crippen LogP) is 4.69. The molecule has 0 spiro atoms. The molecule has 2 aromatic rings. The molecule has 1 aliphatic carbocycles. The number of fused-ring (bicyclic) bond motifs is 5. The molecule has 2 bridgehead atoms. The van der Waals surface area contributed by atoms with Gasteiger partial charge in [0.05, 0.1) is 6.04 Å². The highest BCUT2D eigenvalue weighted by molar-refractivity contribution is 7.80. The summed E-state index contributed by atoms with van der Waals surface area (Å²) < 4.78 is 0. The van der Waals surface area contributed by atoms with Crippen molar-refractivity contribution in [3.05, 3.63) is 70.2 Å². The summed E-state index contributed by atoms with van der Waals surface area (Å²) in [5, 5.41) is 5.19. The van der Waals surface area contributed by atoms with Crippen LogP contribution in [-0.4, -0.2) is 23.1 Å². The van der Waals surface area contributed by atoms with E-state index in [1.54, 1.807) is 0 Å². The van der Waals surface area contributed by atoms with Crippen LogP contribution in [0.3, 0.4) is 0 Å². The molecule has 1 fully saturated rings. The molecule has 24 heavy (non-hydrogen) atoms. The van der Waals surface area contributed by atoms with Crippen LogP contribution < -0.4 is 5.32 Å². The second-order valence-electron chi connectivity index (χ2n) is 6.67. The molecule has 0 amide bonds. The van der Waals surface area contributed by atoms with Gasteiger partial charge in [0.25, 0.3) is 0 Å². The Morgan fingerprint density at radius 1 is 1.17 bits per heavy atom. The first kappa shape index (κ1) is 15.9. The number of thiocarbonyl (C=S) groups is 1. The number of nitrogens with one attached hydrogen (secondary N) is 1. The molecular formula is C20H21ClN2S. The van der Waals surface area contributed by atoms with Crippen LogP contribution in [0.15, 0.2) is 48.5 Å². The molecule has 4 heteroatoms. The second kappa shape index (κ2) is 6.73. The normalized spacial score (nSPS) is 21.5. The van der Waals surface area contributed by atoms with Gasteiger partial charge in [0, 0.05) is 18.1 Å². The van der Waals surface area contributed by atoms with E-state index in [1.807, 2.05) is 6.07 Å².